The molecule has 7 heteroatoms. The zero-order chi connectivity index (χ0) is 18.4. The van der Waals surface area contributed by atoms with Gasteiger partial charge in [0.25, 0.3) is 0 Å². The van der Waals surface area contributed by atoms with Crippen molar-refractivity contribution in [2.24, 2.45) is 9.98 Å². The first-order chi connectivity index (χ1) is 12.5. The van der Waals surface area contributed by atoms with Crippen LogP contribution in [0.1, 0.15) is 18.1 Å². The molecule has 0 aromatic heterocycles. The van der Waals surface area contributed by atoms with Crippen LogP contribution in [0.3, 0.4) is 0 Å². The summed E-state index contributed by atoms with van der Waals surface area (Å²) in [6.45, 7) is 2.38. The molecule has 3 nitrogen and oxygen atoms in total. The molecule has 26 heavy (non-hydrogen) atoms. The number of fused-ring (bicyclic) bond motifs is 3. The lowest BCUT2D eigenvalue weighted by molar-refractivity contribution is 0.579. The number of hydrogen-bond donors (Lipinski definition) is 0. The van der Waals surface area contributed by atoms with Crippen LogP contribution < -0.4 is 4.90 Å². The van der Waals surface area contributed by atoms with Gasteiger partial charge in [0.15, 0.2) is 0 Å². The van der Waals surface area contributed by atoms with Crippen molar-refractivity contribution in [3.63, 3.8) is 0 Å². The van der Waals surface area contributed by atoms with Crippen LogP contribution in [0.4, 0.5) is 14.5 Å². The lowest BCUT2D eigenvalue weighted by Crippen LogP contribution is -2.38. The van der Waals surface area contributed by atoms with Gasteiger partial charge in [-0.3, -0.25) is 4.99 Å². The molecule has 2 aliphatic rings. The zero-order valence-electron chi connectivity index (χ0n) is 13.7. The summed E-state index contributed by atoms with van der Waals surface area (Å²) < 4.78 is 29.1. The van der Waals surface area contributed by atoms with E-state index in [2.05, 4.69) is 9.98 Å². The van der Waals surface area contributed by atoms with Gasteiger partial charge < -0.3 is 4.90 Å². The summed E-state index contributed by atoms with van der Waals surface area (Å²) in [6.07, 6.45) is 3.58. The summed E-state index contributed by atoms with van der Waals surface area (Å²) in [5, 5.41) is 0.490. The van der Waals surface area contributed by atoms with Gasteiger partial charge in [-0.2, -0.15) is 0 Å². The van der Waals surface area contributed by atoms with Gasteiger partial charge in [-0.1, -0.05) is 29.3 Å². The summed E-state index contributed by atoms with van der Waals surface area (Å²) in [5.41, 5.74) is 0.967. The molecule has 2 aromatic rings. The van der Waals surface area contributed by atoms with Crippen LogP contribution in [0.15, 0.2) is 52.6 Å². The Kier molecular flexibility index (Phi) is 4.29. The summed E-state index contributed by atoms with van der Waals surface area (Å²) in [7, 11) is 0. The minimum Gasteiger partial charge on any atom is -0.323 e. The molecule has 0 fully saturated rings. The highest BCUT2D eigenvalue weighted by Gasteiger charge is 2.32. The lowest BCUT2D eigenvalue weighted by atomic mass is 9.99. The van der Waals surface area contributed by atoms with Crippen LogP contribution in [0.5, 0.6) is 0 Å². The molecule has 4 rings (SSSR count). The van der Waals surface area contributed by atoms with Gasteiger partial charge >= 0.3 is 0 Å². The molecule has 0 aliphatic carbocycles. The predicted octanol–water partition coefficient (Wildman–Crippen LogP) is 5.24. The Hall–Kier alpha value is -2.24. The van der Waals surface area contributed by atoms with Crippen LogP contribution in [0.2, 0.25) is 10.0 Å². The molecule has 2 heterocycles. The predicted molar refractivity (Wildman–Crippen MR) is 102 cm³/mol. The van der Waals surface area contributed by atoms with Crippen LogP contribution >= 0.6 is 23.2 Å². The molecule has 0 amide bonds. The van der Waals surface area contributed by atoms with Crippen LogP contribution in [-0.2, 0) is 0 Å². The van der Waals surface area contributed by atoms with E-state index in [1.54, 1.807) is 18.3 Å². The Labute approximate surface area is 159 Å². The standard InChI is InChI=1S/C19H13Cl2F2N3/c1-10-19-24-8-3-9-26(19)14-7-6-11(20)17(21)16(14)18(25-10)15-12(22)4-2-5-13(15)23/h2-8,10H,9H2,1H3/t10-/m0/s1. The third-order valence-electron chi connectivity index (χ3n) is 4.37. The molecule has 0 saturated carbocycles. The van der Waals surface area contributed by atoms with Gasteiger partial charge in [0, 0.05) is 18.3 Å². The average molecular weight is 392 g/mol. The van der Waals surface area contributed by atoms with Crippen LogP contribution in [0.25, 0.3) is 0 Å². The highest BCUT2D eigenvalue weighted by Crippen LogP contribution is 2.39. The van der Waals surface area contributed by atoms with Crippen LogP contribution in [-0.4, -0.2) is 24.1 Å². The number of benzene rings is 2. The molecule has 2 aliphatic heterocycles. The fraction of sp³-hybridized carbons (Fsp3) is 0.158. The molecule has 0 N–H and O–H groups in total. The van der Waals surface area contributed by atoms with E-state index in [0.29, 0.717) is 23.6 Å². The second-order valence-electron chi connectivity index (χ2n) is 5.99. The van der Waals surface area contributed by atoms with E-state index in [1.165, 1.54) is 18.2 Å². The molecule has 1 atom stereocenters. The van der Waals surface area contributed by atoms with Crippen molar-refractivity contribution in [3.05, 3.63) is 75.4 Å². The third kappa shape index (κ3) is 2.63. The van der Waals surface area contributed by atoms with Crippen molar-refractivity contribution in [3.8, 4) is 0 Å². The fourth-order valence-electron chi connectivity index (χ4n) is 3.22. The Morgan fingerprint density at radius 2 is 1.81 bits per heavy atom. The number of aliphatic imine (C=N–C) groups is 2. The molecule has 0 spiro atoms. The zero-order valence-corrected chi connectivity index (χ0v) is 15.2. The SMILES string of the molecule is C[C@@H]1N=C(c2c(F)cccc2F)c2c(ccc(Cl)c2Cl)N2CC=CN=C12. The average Bonchev–Trinajstić information content (AvgIpc) is 2.74. The minimum atomic E-state index is -0.710. The first kappa shape index (κ1) is 17.2. The van der Waals surface area contributed by atoms with E-state index in [4.69, 9.17) is 23.2 Å². The number of halogens is 4. The molecular weight excluding hydrogens is 379 g/mol. The molecule has 2 aromatic carbocycles. The van der Waals surface area contributed by atoms with Gasteiger partial charge in [0.05, 0.1) is 27.0 Å². The molecule has 0 unspecified atom stereocenters. The van der Waals surface area contributed by atoms with E-state index in [-0.39, 0.29) is 21.3 Å². The van der Waals surface area contributed by atoms with Gasteiger partial charge in [-0.25, -0.2) is 13.8 Å². The second-order valence-corrected chi connectivity index (χ2v) is 6.77. The highest BCUT2D eigenvalue weighted by atomic mass is 35.5. The summed E-state index contributed by atoms with van der Waals surface area (Å²) in [4.78, 5) is 10.9. The first-order valence-corrected chi connectivity index (χ1v) is 8.75. The smallest absolute Gasteiger partial charge is 0.135 e. The van der Waals surface area contributed by atoms with Gasteiger partial charge in [0.1, 0.15) is 23.5 Å². The largest absolute Gasteiger partial charge is 0.323 e. The topological polar surface area (TPSA) is 28.0 Å². The van der Waals surface area contributed by atoms with Gasteiger partial charge in [-0.15, -0.1) is 0 Å². The third-order valence-corrected chi connectivity index (χ3v) is 5.18. The van der Waals surface area contributed by atoms with E-state index in [1.807, 2.05) is 17.9 Å². The van der Waals surface area contributed by atoms with Crippen molar-refractivity contribution < 1.29 is 8.78 Å². The van der Waals surface area contributed by atoms with Crippen molar-refractivity contribution in [1.82, 2.24) is 0 Å². The molecule has 0 saturated heterocycles. The van der Waals surface area contributed by atoms with E-state index >= 15 is 0 Å². The summed E-state index contributed by atoms with van der Waals surface area (Å²) in [6, 6.07) is 6.71. The number of anilines is 1. The Morgan fingerprint density at radius 3 is 2.54 bits per heavy atom. The Bertz CT molecular complexity index is 978. The molecular formula is C19H13Cl2F2N3. The monoisotopic (exact) mass is 391 g/mol. The van der Waals surface area contributed by atoms with E-state index in [0.717, 1.165) is 0 Å². The minimum absolute atomic E-state index is 0.132. The molecule has 0 radical (unpaired) electrons. The molecule has 132 valence electrons. The van der Waals surface area contributed by atoms with Gasteiger partial charge in [0.2, 0.25) is 0 Å². The van der Waals surface area contributed by atoms with Gasteiger partial charge in [-0.05, 0) is 37.3 Å². The fourth-order valence-corrected chi connectivity index (χ4v) is 3.63. The maximum absolute atomic E-state index is 14.5. The van der Waals surface area contributed by atoms with E-state index in [9.17, 15) is 8.78 Å². The number of nitrogens with zero attached hydrogens (tertiary/aromatic N) is 3. The number of rotatable bonds is 1. The maximum Gasteiger partial charge on any atom is 0.135 e. The second kappa shape index (κ2) is 6.49. The first-order valence-electron chi connectivity index (χ1n) is 8.00. The van der Waals surface area contributed by atoms with Crippen molar-refractivity contribution in [2.45, 2.75) is 13.0 Å². The summed E-state index contributed by atoms with van der Waals surface area (Å²) in [5.74, 6) is -0.741. The highest BCUT2D eigenvalue weighted by molar-refractivity contribution is 6.45. The maximum atomic E-state index is 14.5. The van der Waals surface area contributed by atoms with Crippen molar-refractivity contribution in [2.75, 3.05) is 11.4 Å². The number of hydrogen-bond acceptors (Lipinski definition) is 3. The quantitative estimate of drug-likeness (QED) is 0.652. The normalized spacial score (nSPS) is 18.7. The molecule has 0 bridgehead atoms. The Balaban J connectivity index is 2.08. The van der Waals surface area contributed by atoms with Crippen LogP contribution in [0, 0.1) is 11.6 Å². The van der Waals surface area contributed by atoms with Crippen molar-refractivity contribution in [1.29, 1.82) is 0 Å². The van der Waals surface area contributed by atoms with Crippen molar-refractivity contribution >= 4 is 40.4 Å². The van der Waals surface area contributed by atoms with E-state index < -0.39 is 17.7 Å². The lowest BCUT2D eigenvalue weighted by Gasteiger charge is -2.28. The summed E-state index contributed by atoms with van der Waals surface area (Å²) >= 11 is 12.7. The number of amidine groups is 1. The Morgan fingerprint density at radius 1 is 1.08 bits per heavy atom.